The van der Waals surface area contributed by atoms with E-state index in [2.05, 4.69) is 0 Å². The van der Waals surface area contributed by atoms with Crippen LogP contribution >= 0.6 is 0 Å². The first kappa shape index (κ1) is 17.6. The monoisotopic (exact) mass is 296 g/mol. The Morgan fingerprint density at radius 3 is 2.48 bits per heavy atom. The normalized spacial score (nSPS) is 13.7. The summed E-state index contributed by atoms with van der Waals surface area (Å²) < 4.78 is 5.49. The van der Waals surface area contributed by atoms with Crippen LogP contribution in [-0.4, -0.2) is 47.9 Å². The number of aliphatic hydroxyl groups excluding tert-OH is 2. The van der Waals surface area contributed by atoms with Crippen molar-refractivity contribution in [3.8, 4) is 5.75 Å². The Hall–Kier alpha value is -1.43. The van der Waals surface area contributed by atoms with Crippen LogP contribution in [-0.2, 0) is 0 Å². The largest absolute Gasteiger partial charge is 0.491 e. The number of ether oxygens (including phenoxy) is 1. The summed E-state index contributed by atoms with van der Waals surface area (Å²) in [5.41, 5.74) is 0.674. The van der Waals surface area contributed by atoms with Gasteiger partial charge in [-0.1, -0.05) is 13.8 Å². The Balaban J connectivity index is 2.35. The summed E-state index contributed by atoms with van der Waals surface area (Å²) in [5.74, 6) is 0.738. The van der Waals surface area contributed by atoms with E-state index in [9.17, 15) is 9.90 Å². The molecule has 1 rings (SSSR count). The second kappa shape index (κ2) is 9.50. The molecule has 1 aromatic carbocycles. The maximum atomic E-state index is 11.5. The lowest BCUT2D eigenvalue weighted by Gasteiger charge is -2.15. The van der Waals surface area contributed by atoms with Crippen molar-refractivity contribution in [1.82, 2.24) is 0 Å². The Labute approximate surface area is 125 Å². The number of hydrogen-bond donors (Lipinski definition) is 3. The van der Waals surface area contributed by atoms with E-state index in [1.54, 1.807) is 24.3 Å². The van der Waals surface area contributed by atoms with Crippen LogP contribution in [0.4, 0.5) is 0 Å². The first-order chi connectivity index (χ1) is 10.1. The highest BCUT2D eigenvalue weighted by molar-refractivity contribution is 5.95. The summed E-state index contributed by atoms with van der Waals surface area (Å²) in [6, 6.07) is 7.07. The number of carbonyl (C=O) groups excluding carboxylic acids is 1. The third-order valence-corrected chi connectivity index (χ3v) is 3.44. The molecule has 21 heavy (non-hydrogen) atoms. The Bertz CT molecular complexity index is 415. The van der Waals surface area contributed by atoms with Gasteiger partial charge in [0.25, 0.3) is 0 Å². The van der Waals surface area contributed by atoms with Crippen molar-refractivity contribution >= 4 is 5.78 Å². The third kappa shape index (κ3) is 6.25. The number of rotatable bonds is 10. The quantitative estimate of drug-likeness (QED) is 0.544. The van der Waals surface area contributed by atoms with Gasteiger partial charge < -0.3 is 20.3 Å². The molecule has 0 aromatic heterocycles. The molecule has 1 aromatic rings. The summed E-state index contributed by atoms with van der Waals surface area (Å²) >= 11 is 0. The van der Waals surface area contributed by atoms with Crippen molar-refractivity contribution in [3.05, 3.63) is 29.8 Å². The van der Waals surface area contributed by atoms with E-state index in [-0.39, 0.29) is 25.0 Å². The van der Waals surface area contributed by atoms with Crippen LogP contribution in [0.2, 0.25) is 0 Å². The minimum atomic E-state index is -0.595. The number of carbonyl (C=O) groups is 1. The van der Waals surface area contributed by atoms with Crippen LogP contribution in [0, 0.1) is 0 Å². The van der Waals surface area contributed by atoms with Gasteiger partial charge in [-0.25, -0.2) is 0 Å². The van der Waals surface area contributed by atoms with E-state index in [1.807, 2.05) is 19.2 Å². The lowest BCUT2D eigenvalue weighted by molar-refractivity contribution is -0.696. The molecule has 0 spiro atoms. The van der Waals surface area contributed by atoms with Gasteiger partial charge in [0.05, 0.1) is 6.61 Å². The first-order valence-electron chi connectivity index (χ1n) is 7.49. The van der Waals surface area contributed by atoms with E-state index in [1.165, 1.54) is 0 Å². The number of ketones is 1. The van der Waals surface area contributed by atoms with Gasteiger partial charge in [-0.2, -0.15) is 0 Å². The summed E-state index contributed by atoms with van der Waals surface area (Å²) in [6.45, 7) is 4.62. The maximum Gasteiger partial charge on any atom is 0.162 e. The standard InChI is InChI=1S/C16H25NO4/c1-3-13(10-18)17-9-14(19)11-21-15-7-5-12(6-8-15)16(20)4-2/h5-8,13-14,17-19H,3-4,9-11H2,1-2H3/p+1/t13-,14+/m0/s1. The van der Waals surface area contributed by atoms with Gasteiger partial charge in [0, 0.05) is 12.0 Å². The van der Waals surface area contributed by atoms with Gasteiger partial charge in [-0.3, -0.25) is 4.79 Å². The average Bonchev–Trinajstić information content (AvgIpc) is 2.53. The predicted molar refractivity (Wildman–Crippen MR) is 80.5 cm³/mol. The van der Waals surface area contributed by atoms with Crippen LogP contribution in [0.5, 0.6) is 5.75 Å². The van der Waals surface area contributed by atoms with Crippen LogP contribution in [0.3, 0.4) is 0 Å². The van der Waals surface area contributed by atoms with E-state index in [0.717, 1.165) is 6.42 Å². The Morgan fingerprint density at radius 2 is 1.95 bits per heavy atom. The lowest BCUT2D eigenvalue weighted by Crippen LogP contribution is -2.92. The molecule has 5 heteroatoms. The van der Waals surface area contributed by atoms with E-state index in [0.29, 0.717) is 24.3 Å². The van der Waals surface area contributed by atoms with Crippen LogP contribution in [0.25, 0.3) is 0 Å². The number of nitrogens with two attached hydrogens (primary N) is 1. The molecule has 0 heterocycles. The molecule has 5 nitrogen and oxygen atoms in total. The third-order valence-electron chi connectivity index (χ3n) is 3.44. The maximum absolute atomic E-state index is 11.5. The van der Waals surface area contributed by atoms with Crippen LogP contribution < -0.4 is 10.1 Å². The van der Waals surface area contributed by atoms with E-state index in [4.69, 9.17) is 9.84 Å². The smallest absolute Gasteiger partial charge is 0.162 e. The number of Topliss-reactive ketones (excluding diaryl/α,β-unsaturated/α-hetero) is 1. The highest BCUT2D eigenvalue weighted by atomic mass is 16.5. The van der Waals surface area contributed by atoms with Crippen molar-refractivity contribution < 1.29 is 25.1 Å². The second-order valence-corrected chi connectivity index (χ2v) is 5.09. The van der Waals surface area contributed by atoms with E-state index < -0.39 is 6.10 Å². The van der Waals surface area contributed by atoms with Gasteiger partial charge in [0.1, 0.15) is 31.0 Å². The van der Waals surface area contributed by atoms with Crippen molar-refractivity contribution in [1.29, 1.82) is 0 Å². The number of benzene rings is 1. The number of hydrogen-bond acceptors (Lipinski definition) is 4. The fraction of sp³-hybridized carbons (Fsp3) is 0.562. The highest BCUT2D eigenvalue weighted by Gasteiger charge is 2.12. The van der Waals surface area contributed by atoms with Gasteiger partial charge >= 0.3 is 0 Å². The van der Waals surface area contributed by atoms with Crippen molar-refractivity contribution in [2.45, 2.75) is 38.8 Å². The molecular weight excluding hydrogens is 270 g/mol. The molecule has 0 aliphatic rings. The summed E-state index contributed by atoms with van der Waals surface area (Å²) in [6.07, 6.45) is 0.748. The van der Waals surface area contributed by atoms with Crippen LogP contribution in [0.15, 0.2) is 24.3 Å². The van der Waals surface area contributed by atoms with Crippen molar-refractivity contribution in [3.63, 3.8) is 0 Å². The van der Waals surface area contributed by atoms with Gasteiger partial charge in [-0.15, -0.1) is 0 Å². The summed E-state index contributed by atoms with van der Waals surface area (Å²) in [7, 11) is 0. The molecule has 0 bridgehead atoms. The zero-order valence-electron chi connectivity index (χ0n) is 12.8. The first-order valence-corrected chi connectivity index (χ1v) is 7.49. The molecule has 0 radical (unpaired) electrons. The predicted octanol–water partition coefficient (Wildman–Crippen LogP) is 0.353. The Kier molecular flexibility index (Phi) is 7.97. The molecule has 0 unspecified atom stereocenters. The lowest BCUT2D eigenvalue weighted by atomic mass is 10.1. The van der Waals surface area contributed by atoms with Gasteiger partial charge in [0.2, 0.25) is 0 Å². The number of quaternary nitrogens is 1. The highest BCUT2D eigenvalue weighted by Crippen LogP contribution is 2.13. The molecule has 0 aliphatic carbocycles. The number of aliphatic hydroxyl groups is 2. The molecule has 4 N–H and O–H groups in total. The molecule has 0 saturated carbocycles. The minimum Gasteiger partial charge on any atom is -0.491 e. The molecule has 0 amide bonds. The zero-order chi connectivity index (χ0) is 15.7. The average molecular weight is 296 g/mol. The molecule has 0 fully saturated rings. The topological polar surface area (TPSA) is 83.4 Å². The fourth-order valence-corrected chi connectivity index (χ4v) is 1.92. The SMILES string of the molecule is CCC(=O)c1ccc(OC[C@H](O)C[NH2+][C@@H](CC)CO)cc1. The second-order valence-electron chi connectivity index (χ2n) is 5.09. The Morgan fingerprint density at radius 1 is 1.29 bits per heavy atom. The molecule has 0 saturated heterocycles. The van der Waals surface area contributed by atoms with Crippen LogP contribution in [0.1, 0.15) is 37.0 Å². The molecular formula is C16H26NO4+. The summed E-state index contributed by atoms with van der Waals surface area (Å²) in [5, 5.41) is 20.8. The minimum absolute atomic E-state index is 0.103. The fourth-order valence-electron chi connectivity index (χ4n) is 1.92. The van der Waals surface area contributed by atoms with Gasteiger partial charge in [-0.05, 0) is 30.7 Å². The summed E-state index contributed by atoms with van der Waals surface area (Å²) in [4.78, 5) is 11.5. The molecule has 118 valence electrons. The van der Waals surface area contributed by atoms with Crippen molar-refractivity contribution in [2.75, 3.05) is 19.8 Å². The van der Waals surface area contributed by atoms with E-state index >= 15 is 0 Å². The molecule has 0 aliphatic heterocycles. The zero-order valence-corrected chi connectivity index (χ0v) is 12.8. The van der Waals surface area contributed by atoms with Gasteiger partial charge in [0.15, 0.2) is 5.78 Å². The van der Waals surface area contributed by atoms with Crippen molar-refractivity contribution in [2.24, 2.45) is 0 Å². The molecule has 2 atom stereocenters.